The zero-order valence-corrected chi connectivity index (χ0v) is 12.2. The van der Waals surface area contributed by atoms with Crippen molar-refractivity contribution < 1.29 is 19.5 Å². The SMILES string of the molecule is C=C(O)CCSSCCC(=O)ON1C(=C)CCC1=O. The number of hydroxylamine groups is 2. The number of carbonyl (C=O) groups is 2. The molecule has 0 saturated carbocycles. The summed E-state index contributed by atoms with van der Waals surface area (Å²) in [6, 6.07) is 0. The Morgan fingerprint density at radius 1 is 1.32 bits per heavy atom. The van der Waals surface area contributed by atoms with Crippen molar-refractivity contribution in [3.8, 4) is 0 Å². The van der Waals surface area contributed by atoms with Gasteiger partial charge in [0.15, 0.2) is 0 Å². The lowest BCUT2D eigenvalue weighted by Gasteiger charge is -2.15. The lowest BCUT2D eigenvalue weighted by atomic mass is 10.3. The second kappa shape index (κ2) is 8.16. The van der Waals surface area contributed by atoms with Crippen LogP contribution in [0, 0.1) is 0 Å². The van der Waals surface area contributed by atoms with Crippen LogP contribution in [0.4, 0.5) is 0 Å². The molecule has 0 aromatic heterocycles. The molecule has 19 heavy (non-hydrogen) atoms. The van der Waals surface area contributed by atoms with Crippen LogP contribution < -0.4 is 0 Å². The van der Waals surface area contributed by atoms with Crippen molar-refractivity contribution in [3.63, 3.8) is 0 Å². The highest BCUT2D eigenvalue weighted by atomic mass is 33.1. The van der Waals surface area contributed by atoms with E-state index in [-0.39, 0.29) is 18.1 Å². The first-order chi connectivity index (χ1) is 9.00. The van der Waals surface area contributed by atoms with Crippen molar-refractivity contribution in [2.75, 3.05) is 11.5 Å². The predicted octanol–water partition coefficient (Wildman–Crippen LogP) is 2.81. The first-order valence-corrected chi connectivity index (χ1v) is 8.32. The molecule has 7 heteroatoms. The molecule has 1 rings (SSSR count). The molecule has 0 spiro atoms. The number of hydrogen-bond donors (Lipinski definition) is 1. The molecule has 1 aliphatic heterocycles. The van der Waals surface area contributed by atoms with Gasteiger partial charge < -0.3 is 9.94 Å². The molecule has 5 nitrogen and oxygen atoms in total. The summed E-state index contributed by atoms with van der Waals surface area (Å²) in [6.07, 6.45) is 1.67. The van der Waals surface area contributed by atoms with Crippen LogP contribution in [-0.4, -0.2) is 33.6 Å². The van der Waals surface area contributed by atoms with Crippen LogP contribution in [0.3, 0.4) is 0 Å². The minimum Gasteiger partial charge on any atom is -0.513 e. The number of aliphatic hydroxyl groups excluding tert-OH is 1. The molecule has 1 amide bonds. The van der Waals surface area contributed by atoms with Crippen LogP contribution in [0.2, 0.25) is 0 Å². The zero-order valence-electron chi connectivity index (χ0n) is 10.6. The number of amides is 1. The van der Waals surface area contributed by atoms with Crippen LogP contribution in [0.5, 0.6) is 0 Å². The maximum absolute atomic E-state index is 11.5. The van der Waals surface area contributed by atoms with E-state index in [9.17, 15) is 9.59 Å². The number of carbonyl (C=O) groups excluding carboxylic acids is 2. The second-order valence-electron chi connectivity index (χ2n) is 3.93. The smallest absolute Gasteiger partial charge is 0.333 e. The van der Waals surface area contributed by atoms with Gasteiger partial charge in [0.05, 0.1) is 17.9 Å². The lowest BCUT2D eigenvalue weighted by molar-refractivity contribution is -0.186. The van der Waals surface area contributed by atoms with Gasteiger partial charge >= 0.3 is 5.97 Å². The van der Waals surface area contributed by atoms with Crippen molar-refractivity contribution in [2.24, 2.45) is 0 Å². The summed E-state index contributed by atoms with van der Waals surface area (Å²) in [4.78, 5) is 27.8. The largest absolute Gasteiger partial charge is 0.513 e. The first kappa shape index (κ1) is 16.0. The van der Waals surface area contributed by atoms with Gasteiger partial charge in [0.1, 0.15) is 0 Å². The van der Waals surface area contributed by atoms with Gasteiger partial charge in [0.25, 0.3) is 5.91 Å². The fourth-order valence-corrected chi connectivity index (χ4v) is 3.31. The van der Waals surface area contributed by atoms with Gasteiger partial charge in [-0.2, -0.15) is 0 Å². The summed E-state index contributed by atoms with van der Waals surface area (Å²) in [7, 11) is 3.08. The molecule has 0 bridgehead atoms. The van der Waals surface area contributed by atoms with E-state index in [1.54, 1.807) is 10.8 Å². The van der Waals surface area contributed by atoms with Gasteiger partial charge in [-0.1, -0.05) is 34.7 Å². The minimum atomic E-state index is -0.434. The van der Waals surface area contributed by atoms with Crippen molar-refractivity contribution in [3.05, 3.63) is 24.6 Å². The average Bonchev–Trinajstić information content (AvgIpc) is 2.65. The molecule has 0 radical (unpaired) electrons. The Balaban J connectivity index is 2.10. The van der Waals surface area contributed by atoms with Gasteiger partial charge in [-0.25, -0.2) is 4.79 Å². The maximum Gasteiger partial charge on any atom is 0.333 e. The fraction of sp³-hybridized carbons (Fsp3) is 0.500. The van der Waals surface area contributed by atoms with Crippen molar-refractivity contribution in [1.29, 1.82) is 0 Å². The Labute approximate surface area is 120 Å². The molecule has 106 valence electrons. The van der Waals surface area contributed by atoms with E-state index in [4.69, 9.17) is 9.94 Å². The van der Waals surface area contributed by atoms with E-state index < -0.39 is 5.97 Å². The molecular formula is C12H17NO4S2. The third-order valence-corrected chi connectivity index (χ3v) is 4.69. The summed E-state index contributed by atoms with van der Waals surface area (Å²) in [5.41, 5.74) is 0.529. The number of aliphatic hydroxyl groups is 1. The third kappa shape index (κ3) is 6.07. The van der Waals surface area contributed by atoms with Crippen LogP contribution >= 0.6 is 21.6 Å². The van der Waals surface area contributed by atoms with Crippen LogP contribution in [0.15, 0.2) is 24.6 Å². The summed E-state index contributed by atoms with van der Waals surface area (Å²) >= 11 is 0. The van der Waals surface area contributed by atoms with Gasteiger partial charge in [0, 0.05) is 24.3 Å². The topological polar surface area (TPSA) is 66.8 Å². The number of hydrogen-bond acceptors (Lipinski definition) is 6. The molecule has 0 aliphatic carbocycles. The highest BCUT2D eigenvalue weighted by Gasteiger charge is 2.27. The van der Waals surface area contributed by atoms with Crippen LogP contribution in [0.25, 0.3) is 0 Å². The van der Waals surface area contributed by atoms with Crippen LogP contribution in [-0.2, 0) is 14.4 Å². The van der Waals surface area contributed by atoms with E-state index in [1.165, 1.54) is 10.8 Å². The molecular weight excluding hydrogens is 286 g/mol. The lowest BCUT2D eigenvalue weighted by Crippen LogP contribution is -2.27. The van der Waals surface area contributed by atoms with E-state index >= 15 is 0 Å². The van der Waals surface area contributed by atoms with E-state index in [0.717, 1.165) is 10.8 Å². The van der Waals surface area contributed by atoms with Gasteiger partial charge in [-0.15, -0.1) is 5.06 Å². The molecule has 1 fully saturated rings. The third-order valence-electron chi connectivity index (χ3n) is 2.28. The Bertz CT molecular complexity index is 368. The molecule has 0 aromatic carbocycles. The molecule has 1 saturated heterocycles. The Kier molecular flexibility index (Phi) is 6.86. The maximum atomic E-state index is 11.5. The average molecular weight is 303 g/mol. The zero-order chi connectivity index (χ0) is 14.3. The van der Waals surface area contributed by atoms with Gasteiger partial charge in [-0.05, 0) is 6.42 Å². The fourth-order valence-electron chi connectivity index (χ4n) is 1.30. The summed E-state index contributed by atoms with van der Waals surface area (Å²) in [6.45, 7) is 7.05. The molecule has 1 aliphatic rings. The van der Waals surface area contributed by atoms with Crippen LogP contribution in [0.1, 0.15) is 25.7 Å². The van der Waals surface area contributed by atoms with Gasteiger partial charge in [-0.3, -0.25) is 4.79 Å². The summed E-state index contributed by atoms with van der Waals surface area (Å²) in [5.74, 6) is 0.850. The number of nitrogens with zero attached hydrogens (tertiary/aromatic N) is 1. The molecule has 0 atom stereocenters. The highest BCUT2D eigenvalue weighted by Crippen LogP contribution is 2.25. The Hall–Kier alpha value is -1.08. The summed E-state index contributed by atoms with van der Waals surface area (Å²) in [5, 5.41) is 9.87. The van der Waals surface area contributed by atoms with Crippen molar-refractivity contribution >= 4 is 33.5 Å². The van der Waals surface area contributed by atoms with Crippen molar-refractivity contribution in [1.82, 2.24) is 5.06 Å². The standard InChI is InChI=1S/C12H17NO4S2/c1-9-3-4-11(15)13(9)17-12(16)6-8-19-18-7-5-10(2)14/h14H,1-8H2. The Morgan fingerprint density at radius 2 is 1.95 bits per heavy atom. The predicted molar refractivity (Wildman–Crippen MR) is 77.2 cm³/mol. The van der Waals surface area contributed by atoms with E-state index in [2.05, 4.69) is 13.2 Å². The monoisotopic (exact) mass is 303 g/mol. The molecule has 1 N–H and O–H groups in total. The summed E-state index contributed by atoms with van der Waals surface area (Å²) < 4.78 is 0. The van der Waals surface area contributed by atoms with Crippen molar-refractivity contribution in [2.45, 2.75) is 25.7 Å². The number of rotatable bonds is 8. The van der Waals surface area contributed by atoms with E-state index in [0.29, 0.717) is 30.7 Å². The second-order valence-corrected chi connectivity index (χ2v) is 6.63. The quantitative estimate of drug-likeness (QED) is 0.422. The Morgan fingerprint density at radius 3 is 2.47 bits per heavy atom. The molecule has 0 unspecified atom stereocenters. The minimum absolute atomic E-state index is 0.165. The van der Waals surface area contributed by atoms with Gasteiger partial charge in [0.2, 0.25) is 0 Å². The highest BCUT2D eigenvalue weighted by molar-refractivity contribution is 8.76. The molecule has 0 aromatic rings. The van der Waals surface area contributed by atoms with E-state index in [1.807, 2.05) is 0 Å². The normalized spacial score (nSPS) is 14.8. The molecule has 1 heterocycles. The number of allylic oxidation sites excluding steroid dienone is 2. The first-order valence-electron chi connectivity index (χ1n) is 5.83.